The van der Waals surface area contributed by atoms with Crippen molar-refractivity contribution in [1.29, 1.82) is 0 Å². The molecular weight excluding hydrogens is 275 g/mol. The van der Waals surface area contributed by atoms with Crippen molar-refractivity contribution < 1.29 is 9.90 Å². The molecule has 1 aromatic rings. The third-order valence-electron chi connectivity index (χ3n) is 3.30. The van der Waals surface area contributed by atoms with Gasteiger partial charge in [-0.25, -0.2) is 4.98 Å². The molecule has 2 N–H and O–H groups in total. The van der Waals surface area contributed by atoms with Crippen LogP contribution in [0.2, 0.25) is 10.3 Å². The standard InChI is InChI=1S/C12H14Cl2N2O2/c13-9-4-3-8(10(14)15-9)11(18)16-12(7-17)5-1-2-6-12/h3-4,17H,1-2,5-7H2,(H,16,18). The minimum Gasteiger partial charge on any atom is -0.394 e. The maximum atomic E-state index is 12.1. The van der Waals surface area contributed by atoms with Crippen molar-refractivity contribution in [2.24, 2.45) is 0 Å². The second-order valence-corrected chi connectivity index (χ2v) is 5.32. The van der Waals surface area contributed by atoms with E-state index in [-0.39, 0.29) is 28.4 Å². The van der Waals surface area contributed by atoms with E-state index in [2.05, 4.69) is 10.3 Å². The molecule has 1 heterocycles. The van der Waals surface area contributed by atoms with E-state index in [9.17, 15) is 9.90 Å². The lowest BCUT2D eigenvalue weighted by atomic mass is 9.98. The Morgan fingerprint density at radius 1 is 1.39 bits per heavy atom. The summed E-state index contributed by atoms with van der Waals surface area (Å²) < 4.78 is 0. The largest absolute Gasteiger partial charge is 0.394 e. The molecule has 1 aliphatic carbocycles. The van der Waals surface area contributed by atoms with E-state index in [1.165, 1.54) is 12.1 Å². The van der Waals surface area contributed by atoms with Gasteiger partial charge in [0.2, 0.25) is 0 Å². The summed E-state index contributed by atoms with van der Waals surface area (Å²) in [6, 6.07) is 3.05. The first-order chi connectivity index (χ1) is 8.56. The van der Waals surface area contributed by atoms with E-state index >= 15 is 0 Å². The number of nitrogens with zero attached hydrogens (tertiary/aromatic N) is 1. The molecule has 6 heteroatoms. The van der Waals surface area contributed by atoms with E-state index in [0.717, 1.165) is 25.7 Å². The van der Waals surface area contributed by atoms with Gasteiger partial charge in [0.05, 0.1) is 17.7 Å². The molecule has 0 saturated heterocycles. The van der Waals surface area contributed by atoms with E-state index in [0.29, 0.717) is 0 Å². The zero-order valence-corrected chi connectivity index (χ0v) is 11.3. The Morgan fingerprint density at radius 2 is 2.06 bits per heavy atom. The van der Waals surface area contributed by atoms with Crippen molar-refractivity contribution in [3.8, 4) is 0 Å². The van der Waals surface area contributed by atoms with Crippen LogP contribution in [-0.2, 0) is 0 Å². The summed E-state index contributed by atoms with van der Waals surface area (Å²) in [5.41, 5.74) is -0.235. The highest BCUT2D eigenvalue weighted by Crippen LogP contribution is 2.30. The molecule has 4 nitrogen and oxygen atoms in total. The summed E-state index contributed by atoms with van der Waals surface area (Å²) in [6.07, 6.45) is 3.59. The number of amides is 1. The van der Waals surface area contributed by atoms with Crippen LogP contribution in [-0.4, -0.2) is 28.1 Å². The molecule has 2 rings (SSSR count). The minimum atomic E-state index is -0.514. The molecule has 1 saturated carbocycles. The molecule has 98 valence electrons. The van der Waals surface area contributed by atoms with Crippen molar-refractivity contribution in [3.63, 3.8) is 0 Å². The van der Waals surface area contributed by atoms with Crippen LogP contribution in [0.15, 0.2) is 12.1 Å². The second kappa shape index (κ2) is 5.43. The number of carbonyl (C=O) groups is 1. The number of aromatic nitrogens is 1. The number of hydrogen-bond acceptors (Lipinski definition) is 3. The Balaban J connectivity index is 2.16. The molecule has 0 spiro atoms. The monoisotopic (exact) mass is 288 g/mol. The number of halogens is 2. The fourth-order valence-electron chi connectivity index (χ4n) is 2.26. The van der Waals surface area contributed by atoms with Crippen LogP contribution in [0.3, 0.4) is 0 Å². The quantitative estimate of drug-likeness (QED) is 0.840. The Kier molecular flexibility index (Phi) is 4.10. The van der Waals surface area contributed by atoms with Crippen molar-refractivity contribution >= 4 is 29.1 Å². The average molecular weight is 289 g/mol. The van der Waals surface area contributed by atoms with Gasteiger partial charge in [-0.2, -0.15) is 0 Å². The van der Waals surface area contributed by atoms with Gasteiger partial charge in [0, 0.05) is 0 Å². The Morgan fingerprint density at radius 3 is 2.61 bits per heavy atom. The molecule has 1 amide bonds. The van der Waals surface area contributed by atoms with E-state index < -0.39 is 5.54 Å². The maximum Gasteiger partial charge on any atom is 0.254 e. The second-order valence-electron chi connectivity index (χ2n) is 4.57. The number of pyridine rings is 1. The van der Waals surface area contributed by atoms with Crippen LogP contribution in [0.5, 0.6) is 0 Å². The molecule has 1 aromatic heterocycles. The van der Waals surface area contributed by atoms with Crippen LogP contribution >= 0.6 is 23.2 Å². The van der Waals surface area contributed by atoms with E-state index in [4.69, 9.17) is 23.2 Å². The summed E-state index contributed by atoms with van der Waals surface area (Å²) in [4.78, 5) is 15.9. The summed E-state index contributed by atoms with van der Waals surface area (Å²) in [5, 5.41) is 12.6. The SMILES string of the molecule is O=C(NC1(CO)CCCC1)c1ccc(Cl)nc1Cl. The third kappa shape index (κ3) is 2.76. The molecule has 0 atom stereocenters. The van der Waals surface area contributed by atoms with Crippen molar-refractivity contribution in [3.05, 3.63) is 28.0 Å². The summed E-state index contributed by atoms with van der Waals surface area (Å²) in [7, 11) is 0. The molecule has 0 aromatic carbocycles. The first-order valence-electron chi connectivity index (χ1n) is 5.82. The predicted molar refractivity (Wildman–Crippen MR) is 70.0 cm³/mol. The van der Waals surface area contributed by atoms with Gasteiger partial charge in [0.15, 0.2) is 0 Å². The van der Waals surface area contributed by atoms with Gasteiger partial charge >= 0.3 is 0 Å². The molecule has 0 aliphatic heterocycles. The fourth-order valence-corrected chi connectivity index (χ4v) is 2.69. The van der Waals surface area contributed by atoms with Gasteiger partial charge in [-0.3, -0.25) is 4.79 Å². The van der Waals surface area contributed by atoms with Crippen LogP contribution in [0, 0.1) is 0 Å². The molecular formula is C12H14Cl2N2O2. The number of aliphatic hydroxyl groups is 1. The predicted octanol–water partition coefficient (Wildman–Crippen LogP) is 2.42. The summed E-state index contributed by atoms with van der Waals surface area (Å²) >= 11 is 11.6. The van der Waals surface area contributed by atoms with Gasteiger partial charge < -0.3 is 10.4 Å². The summed E-state index contributed by atoms with van der Waals surface area (Å²) in [6.45, 7) is -0.0582. The lowest BCUT2D eigenvalue weighted by Gasteiger charge is -2.28. The van der Waals surface area contributed by atoms with Gasteiger partial charge in [0.1, 0.15) is 10.3 Å². The molecule has 1 aliphatic rings. The number of aliphatic hydroxyl groups excluding tert-OH is 1. The van der Waals surface area contributed by atoms with E-state index in [1.807, 2.05) is 0 Å². The third-order valence-corrected chi connectivity index (χ3v) is 3.80. The summed E-state index contributed by atoms with van der Waals surface area (Å²) in [5.74, 6) is -0.319. The molecule has 0 bridgehead atoms. The van der Waals surface area contributed by atoms with Crippen LogP contribution in [0.25, 0.3) is 0 Å². The van der Waals surface area contributed by atoms with Gasteiger partial charge in [-0.05, 0) is 25.0 Å². The van der Waals surface area contributed by atoms with Crippen molar-refractivity contribution in [2.75, 3.05) is 6.61 Å². The molecule has 18 heavy (non-hydrogen) atoms. The first kappa shape index (κ1) is 13.6. The minimum absolute atomic E-state index is 0.0582. The smallest absolute Gasteiger partial charge is 0.254 e. The number of rotatable bonds is 3. The average Bonchev–Trinajstić information content (AvgIpc) is 2.78. The Labute approximate surface area is 115 Å². The first-order valence-corrected chi connectivity index (χ1v) is 6.57. The normalized spacial score (nSPS) is 17.7. The fraction of sp³-hybridized carbons (Fsp3) is 0.500. The van der Waals surface area contributed by atoms with Crippen LogP contribution in [0.4, 0.5) is 0 Å². The Hall–Kier alpha value is -0.840. The topological polar surface area (TPSA) is 62.2 Å². The van der Waals surface area contributed by atoms with Gasteiger partial charge in [0.25, 0.3) is 5.91 Å². The van der Waals surface area contributed by atoms with E-state index in [1.54, 1.807) is 0 Å². The maximum absolute atomic E-state index is 12.1. The lowest BCUT2D eigenvalue weighted by Crippen LogP contribution is -2.49. The highest BCUT2D eigenvalue weighted by Gasteiger charge is 2.35. The molecule has 0 radical (unpaired) electrons. The zero-order valence-electron chi connectivity index (χ0n) is 9.75. The molecule has 1 fully saturated rings. The molecule has 0 unspecified atom stereocenters. The van der Waals surface area contributed by atoms with Crippen LogP contribution < -0.4 is 5.32 Å². The van der Waals surface area contributed by atoms with Gasteiger partial charge in [-0.1, -0.05) is 36.0 Å². The lowest BCUT2D eigenvalue weighted by molar-refractivity contribution is 0.0838. The highest BCUT2D eigenvalue weighted by molar-refractivity contribution is 6.34. The van der Waals surface area contributed by atoms with Crippen LogP contribution in [0.1, 0.15) is 36.0 Å². The van der Waals surface area contributed by atoms with Gasteiger partial charge in [-0.15, -0.1) is 0 Å². The number of hydrogen-bond donors (Lipinski definition) is 2. The number of carbonyl (C=O) groups excluding carboxylic acids is 1. The van der Waals surface area contributed by atoms with Crippen molar-refractivity contribution in [2.45, 2.75) is 31.2 Å². The highest BCUT2D eigenvalue weighted by atomic mass is 35.5. The Bertz CT molecular complexity index is 459. The number of nitrogens with one attached hydrogen (secondary N) is 1. The van der Waals surface area contributed by atoms with Crippen molar-refractivity contribution in [1.82, 2.24) is 10.3 Å². The zero-order chi connectivity index (χ0) is 13.2.